The Morgan fingerprint density at radius 1 is 1.44 bits per heavy atom. The summed E-state index contributed by atoms with van der Waals surface area (Å²) in [6.07, 6.45) is 2.49. The second kappa shape index (κ2) is 5.16. The number of aromatic nitrogens is 3. The molecule has 2 amide bonds. The Balaban J connectivity index is 1.78. The standard InChI is InChI=1S/C11H17N5O2/c1-16(2)8(17)5-6-12-11(18)10-13-9(14-15-10)7-3-4-7/h7H,3-6H2,1-2H3,(H,12,18)(H,13,14,15). The van der Waals surface area contributed by atoms with E-state index in [4.69, 9.17) is 0 Å². The first-order valence-corrected chi connectivity index (χ1v) is 5.98. The van der Waals surface area contributed by atoms with Crippen molar-refractivity contribution in [2.45, 2.75) is 25.2 Å². The number of carbonyl (C=O) groups is 2. The van der Waals surface area contributed by atoms with E-state index in [9.17, 15) is 9.59 Å². The van der Waals surface area contributed by atoms with E-state index in [0.29, 0.717) is 12.5 Å². The summed E-state index contributed by atoms with van der Waals surface area (Å²) in [6.45, 7) is 0.295. The maximum absolute atomic E-state index is 11.7. The summed E-state index contributed by atoms with van der Waals surface area (Å²) in [7, 11) is 3.36. The molecular formula is C11H17N5O2. The summed E-state index contributed by atoms with van der Waals surface area (Å²) >= 11 is 0. The molecule has 1 saturated carbocycles. The van der Waals surface area contributed by atoms with E-state index in [-0.39, 0.29) is 24.1 Å². The Labute approximate surface area is 105 Å². The number of nitrogens with one attached hydrogen (secondary N) is 2. The van der Waals surface area contributed by atoms with E-state index in [2.05, 4.69) is 20.5 Å². The van der Waals surface area contributed by atoms with Crippen LogP contribution in [0.2, 0.25) is 0 Å². The van der Waals surface area contributed by atoms with Gasteiger partial charge < -0.3 is 10.2 Å². The lowest BCUT2D eigenvalue weighted by Gasteiger charge is -2.09. The minimum Gasteiger partial charge on any atom is -0.349 e. The van der Waals surface area contributed by atoms with Gasteiger partial charge in [-0.3, -0.25) is 14.7 Å². The minimum atomic E-state index is -0.343. The third-order valence-corrected chi connectivity index (χ3v) is 2.79. The van der Waals surface area contributed by atoms with Gasteiger partial charge in [0, 0.05) is 33.0 Å². The van der Waals surface area contributed by atoms with Crippen LogP contribution in [0, 0.1) is 0 Å². The van der Waals surface area contributed by atoms with Crippen LogP contribution in [0.5, 0.6) is 0 Å². The van der Waals surface area contributed by atoms with Crippen molar-refractivity contribution in [2.24, 2.45) is 0 Å². The van der Waals surface area contributed by atoms with Crippen LogP contribution >= 0.6 is 0 Å². The molecule has 1 aliphatic rings. The summed E-state index contributed by atoms with van der Waals surface area (Å²) in [5.74, 6) is 1.00. The summed E-state index contributed by atoms with van der Waals surface area (Å²) in [4.78, 5) is 28.6. The molecular weight excluding hydrogens is 234 g/mol. The molecule has 1 heterocycles. The maximum atomic E-state index is 11.7. The van der Waals surface area contributed by atoms with E-state index < -0.39 is 0 Å². The zero-order valence-electron chi connectivity index (χ0n) is 10.6. The third-order valence-electron chi connectivity index (χ3n) is 2.79. The molecule has 1 aromatic heterocycles. The first-order chi connectivity index (χ1) is 8.58. The highest BCUT2D eigenvalue weighted by molar-refractivity contribution is 5.90. The molecule has 7 nitrogen and oxygen atoms in total. The fourth-order valence-corrected chi connectivity index (χ4v) is 1.50. The van der Waals surface area contributed by atoms with Crippen molar-refractivity contribution < 1.29 is 9.59 Å². The molecule has 1 fully saturated rings. The fourth-order valence-electron chi connectivity index (χ4n) is 1.50. The summed E-state index contributed by atoms with van der Waals surface area (Å²) in [5, 5.41) is 9.26. The van der Waals surface area contributed by atoms with E-state index in [1.807, 2.05) is 0 Å². The number of hydrogen-bond donors (Lipinski definition) is 2. The molecule has 0 saturated heterocycles. The molecule has 0 bridgehead atoms. The second-order valence-electron chi connectivity index (χ2n) is 4.61. The largest absolute Gasteiger partial charge is 0.349 e. The molecule has 1 aliphatic carbocycles. The highest BCUT2D eigenvalue weighted by Crippen LogP contribution is 2.37. The van der Waals surface area contributed by atoms with Crippen molar-refractivity contribution in [3.63, 3.8) is 0 Å². The number of H-pyrrole nitrogens is 1. The van der Waals surface area contributed by atoms with Gasteiger partial charge in [0.05, 0.1) is 0 Å². The molecule has 98 valence electrons. The van der Waals surface area contributed by atoms with Crippen molar-refractivity contribution in [3.05, 3.63) is 11.6 Å². The molecule has 2 rings (SSSR count). The summed E-state index contributed by atoms with van der Waals surface area (Å²) in [5.41, 5.74) is 0. The molecule has 1 aromatic rings. The molecule has 0 aromatic carbocycles. The highest BCUT2D eigenvalue weighted by atomic mass is 16.2. The highest BCUT2D eigenvalue weighted by Gasteiger charge is 2.28. The first-order valence-electron chi connectivity index (χ1n) is 5.98. The summed E-state index contributed by atoms with van der Waals surface area (Å²) in [6, 6.07) is 0. The van der Waals surface area contributed by atoms with Crippen LogP contribution in [0.1, 0.15) is 41.6 Å². The average molecular weight is 251 g/mol. The molecule has 0 atom stereocenters. The van der Waals surface area contributed by atoms with E-state index in [0.717, 1.165) is 18.7 Å². The predicted molar refractivity (Wildman–Crippen MR) is 64.0 cm³/mol. The molecule has 0 spiro atoms. The van der Waals surface area contributed by atoms with Crippen molar-refractivity contribution >= 4 is 11.8 Å². The number of carbonyl (C=O) groups excluding carboxylic acids is 2. The maximum Gasteiger partial charge on any atom is 0.290 e. The Kier molecular flexibility index (Phi) is 3.59. The molecule has 0 radical (unpaired) electrons. The molecule has 0 unspecified atom stereocenters. The van der Waals surface area contributed by atoms with Crippen LogP contribution in [-0.2, 0) is 4.79 Å². The molecule has 2 N–H and O–H groups in total. The van der Waals surface area contributed by atoms with Crippen LogP contribution in [0.4, 0.5) is 0 Å². The predicted octanol–water partition coefficient (Wildman–Crippen LogP) is -0.110. The van der Waals surface area contributed by atoms with Crippen molar-refractivity contribution in [1.82, 2.24) is 25.4 Å². The van der Waals surface area contributed by atoms with Gasteiger partial charge in [0.2, 0.25) is 11.7 Å². The van der Waals surface area contributed by atoms with Gasteiger partial charge in [-0.1, -0.05) is 0 Å². The van der Waals surface area contributed by atoms with Crippen molar-refractivity contribution in [3.8, 4) is 0 Å². The quantitative estimate of drug-likeness (QED) is 0.764. The third kappa shape index (κ3) is 3.06. The van der Waals surface area contributed by atoms with Crippen molar-refractivity contribution in [1.29, 1.82) is 0 Å². The van der Waals surface area contributed by atoms with E-state index in [1.54, 1.807) is 14.1 Å². The van der Waals surface area contributed by atoms with Crippen LogP contribution in [-0.4, -0.2) is 52.5 Å². The number of rotatable bonds is 5. The number of amides is 2. The number of hydrogen-bond acceptors (Lipinski definition) is 4. The lowest BCUT2D eigenvalue weighted by molar-refractivity contribution is -0.128. The van der Waals surface area contributed by atoms with Gasteiger partial charge in [-0.25, -0.2) is 4.98 Å². The van der Waals surface area contributed by atoms with Gasteiger partial charge in [-0.05, 0) is 12.8 Å². The molecule has 18 heavy (non-hydrogen) atoms. The Bertz CT molecular complexity index is 450. The number of aromatic amines is 1. The number of nitrogens with zero attached hydrogens (tertiary/aromatic N) is 3. The van der Waals surface area contributed by atoms with E-state index in [1.165, 1.54) is 4.90 Å². The lowest BCUT2D eigenvalue weighted by Crippen LogP contribution is -2.30. The van der Waals surface area contributed by atoms with Gasteiger partial charge in [0.1, 0.15) is 5.82 Å². The Morgan fingerprint density at radius 3 is 2.78 bits per heavy atom. The van der Waals surface area contributed by atoms with Gasteiger partial charge in [-0.2, -0.15) is 0 Å². The monoisotopic (exact) mass is 251 g/mol. The van der Waals surface area contributed by atoms with Gasteiger partial charge in [0.15, 0.2) is 0 Å². The lowest BCUT2D eigenvalue weighted by atomic mass is 10.3. The van der Waals surface area contributed by atoms with Gasteiger partial charge >= 0.3 is 0 Å². The SMILES string of the molecule is CN(C)C(=O)CCNC(=O)c1n[nH]c(C2CC2)n1. The minimum absolute atomic E-state index is 0.0241. The topological polar surface area (TPSA) is 91.0 Å². The Hall–Kier alpha value is -1.92. The van der Waals surface area contributed by atoms with Crippen LogP contribution < -0.4 is 5.32 Å². The average Bonchev–Trinajstić information content (AvgIpc) is 3.06. The van der Waals surface area contributed by atoms with Crippen LogP contribution in [0.3, 0.4) is 0 Å². The zero-order valence-corrected chi connectivity index (χ0v) is 10.6. The van der Waals surface area contributed by atoms with E-state index >= 15 is 0 Å². The Morgan fingerprint density at radius 2 is 2.17 bits per heavy atom. The smallest absolute Gasteiger partial charge is 0.290 e. The normalized spacial score (nSPS) is 14.3. The van der Waals surface area contributed by atoms with Crippen LogP contribution in [0.25, 0.3) is 0 Å². The first kappa shape index (κ1) is 12.5. The van der Waals surface area contributed by atoms with Crippen LogP contribution in [0.15, 0.2) is 0 Å². The van der Waals surface area contributed by atoms with Gasteiger partial charge in [0.25, 0.3) is 5.91 Å². The molecule has 7 heteroatoms. The fraction of sp³-hybridized carbons (Fsp3) is 0.636. The molecule has 0 aliphatic heterocycles. The summed E-state index contributed by atoms with van der Waals surface area (Å²) < 4.78 is 0. The van der Waals surface area contributed by atoms with Gasteiger partial charge in [-0.15, -0.1) is 5.10 Å². The second-order valence-corrected chi connectivity index (χ2v) is 4.61. The zero-order chi connectivity index (χ0) is 13.1. The van der Waals surface area contributed by atoms with Crippen molar-refractivity contribution in [2.75, 3.05) is 20.6 Å².